The number of halogens is 3. The number of likely N-dealkylation sites (N-methyl/N-ethyl adjacent to an activating group) is 1. The molecule has 0 heterocycles. The summed E-state index contributed by atoms with van der Waals surface area (Å²) in [5.41, 5.74) is 0.701. The monoisotopic (exact) mass is 470 g/mol. The first-order valence-corrected chi connectivity index (χ1v) is 9.88. The first-order chi connectivity index (χ1) is 13.3. The Labute approximate surface area is 176 Å². The Kier molecular flexibility index (Phi) is 8.26. The molecule has 28 heavy (non-hydrogen) atoms. The Balaban J connectivity index is 2.15. The highest BCUT2D eigenvalue weighted by molar-refractivity contribution is 9.10. The smallest absolute Gasteiger partial charge is 0.261 e. The van der Waals surface area contributed by atoms with Crippen molar-refractivity contribution >= 4 is 39.3 Å². The van der Waals surface area contributed by atoms with Gasteiger partial charge in [-0.05, 0) is 49.7 Å². The van der Waals surface area contributed by atoms with Gasteiger partial charge in [-0.15, -0.1) is 0 Å². The van der Waals surface area contributed by atoms with Crippen LogP contribution in [0.25, 0.3) is 0 Å². The second-order valence-electron chi connectivity index (χ2n) is 6.08. The van der Waals surface area contributed by atoms with E-state index in [-0.39, 0.29) is 30.8 Å². The van der Waals surface area contributed by atoms with Crippen LogP contribution in [0.1, 0.15) is 19.4 Å². The molecule has 0 aliphatic carbocycles. The lowest BCUT2D eigenvalue weighted by molar-refractivity contribution is -0.142. The molecule has 0 spiro atoms. The van der Waals surface area contributed by atoms with Crippen LogP contribution in [0.3, 0.4) is 0 Å². The summed E-state index contributed by atoms with van der Waals surface area (Å²) in [5, 5.41) is 3.07. The minimum absolute atomic E-state index is 0.148. The molecular weight excluding hydrogens is 451 g/mol. The van der Waals surface area contributed by atoms with Crippen molar-refractivity contribution in [2.24, 2.45) is 0 Å². The standard InChI is InChI=1S/C20H21BrClFN2O3/c1-3-24-20(27)13(2)25(11-14-4-7-16(23)8-5-14)19(26)12-28-18-9-6-15(21)10-17(18)22/h4-10,13H,3,11-12H2,1-2H3,(H,24,27)/t13-/m0/s1. The van der Waals surface area contributed by atoms with Crippen molar-refractivity contribution in [3.8, 4) is 5.75 Å². The zero-order valence-corrected chi connectivity index (χ0v) is 17.9. The van der Waals surface area contributed by atoms with E-state index in [1.807, 2.05) is 0 Å². The molecule has 0 aliphatic rings. The lowest BCUT2D eigenvalue weighted by Gasteiger charge is -2.28. The van der Waals surface area contributed by atoms with E-state index in [4.69, 9.17) is 16.3 Å². The van der Waals surface area contributed by atoms with Crippen molar-refractivity contribution in [1.29, 1.82) is 0 Å². The van der Waals surface area contributed by atoms with Crippen molar-refractivity contribution in [2.45, 2.75) is 26.4 Å². The molecule has 2 rings (SSSR count). The summed E-state index contributed by atoms with van der Waals surface area (Å²) in [7, 11) is 0. The van der Waals surface area contributed by atoms with E-state index in [1.165, 1.54) is 17.0 Å². The molecule has 0 aliphatic heterocycles. The average Bonchev–Trinajstić information content (AvgIpc) is 2.66. The summed E-state index contributed by atoms with van der Waals surface area (Å²) in [6, 6.07) is 10.1. The van der Waals surface area contributed by atoms with Crippen LogP contribution in [0.15, 0.2) is 46.9 Å². The zero-order valence-electron chi connectivity index (χ0n) is 15.5. The first-order valence-electron chi connectivity index (χ1n) is 8.71. The lowest BCUT2D eigenvalue weighted by Crippen LogP contribution is -2.49. The molecule has 0 saturated carbocycles. The fourth-order valence-corrected chi connectivity index (χ4v) is 3.23. The lowest BCUT2D eigenvalue weighted by atomic mass is 10.1. The van der Waals surface area contributed by atoms with E-state index in [0.717, 1.165) is 4.47 Å². The van der Waals surface area contributed by atoms with Crippen LogP contribution in [0.4, 0.5) is 4.39 Å². The largest absolute Gasteiger partial charge is 0.482 e. The Morgan fingerprint density at radius 3 is 2.54 bits per heavy atom. The van der Waals surface area contributed by atoms with Gasteiger partial charge in [-0.25, -0.2) is 4.39 Å². The Hall–Kier alpha value is -2.12. The fourth-order valence-electron chi connectivity index (χ4n) is 2.51. The van der Waals surface area contributed by atoms with Gasteiger partial charge in [-0.3, -0.25) is 9.59 Å². The number of amides is 2. The van der Waals surface area contributed by atoms with Crippen molar-refractivity contribution in [3.05, 3.63) is 63.3 Å². The number of ether oxygens (including phenoxy) is 1. The summed E-state index contributed by atoms with van der Waals surface area (Å²) in [6.07, 6.45) is 0. The maximum absolute atomic E-state index is 13.2. The number of nitrogens with zero attached hydrogens (tertiary/aromatic N) is 1. The van der Waals surface area contributed by atoms with Crippen LogP contribution < -0.4 is 10.1 Å². The third-order valence-electron chi connectivity index (χ3n) is 4.03. The van der Waals surface area contributed by atoms with Crippen LogP contribution in [0, 0.1) is 5.82 Å². The van der Waals surface area contributed by atoms with Crippen LogP contribution >= 0.6 is 27.5 Å². The predicted octanol–water partition coefficient (Wildman–Crippen LogP) is 4.17. The van der Waals surface area contributed by atoms with Gasteiger partial charge in [0.15, 0.2) is 6.61 Å². The van der Waals surface area contributed by atoms with Gasteiger partial charge >= 0.3 is 0 Å². The fraction of sp³-hybridized carbons (Fsp3) is 0.300. The van der Waals surface area contributed by atoms with E-state index in [1.54, 1.807) is 44.2 Å². The van der Waals surface area contributed by atoms with Crippen molar-refractivity contribution < 1.29 is 18.7 Å². The molecule has 8 heteroatoms. The van der Waals surface area contributed by atoms with E-state index < -0.39 is 6.04 Å². The molecule has 1 N–H and O–H groups in total. The van der Waals surface area contributed by atoms with Gasteiger partial charge in [-0.2, -0.15) is 0 Å². The average molecular weight is 472 g/mol. The van der Waals surface area contributed by atoms with Crippen LogP contribution in [0.5, 0.6) is 5.75 Å². The number of nitrogens with one attached hydrogen (secondary N) is 1. The summed E-state index contributed by atoms with van der Waals surface area (Å²) in [5.74, 6) is -0.668. The van der Waals surface area contributed by atoms with Gasteiger partial charge in [0, 0.05) is 17.6 Å². The second-order valence-corrected chi connectivity index (χ2v) is 7.40. The molecule has 5 nitrogen and oxygen atoms in total. The molecule has 0 unspecified atom stereocenters. The molecule has 0 fully saturated rings. The molecule has 2 aromatic carbocycles. The Bertz CT molecular complexity index is 833. The Morgan fingerprint density at radius 1 is 1.25 bits per heavy atom. The molecular formula is C20H21BrClFN2O3. The van der Waals surface area contributed by atoms with E-state index in [9.17, 15) is 14.0 Å². The van der Waals surface area contributed by atoms with E-state index in [2.05, 4.69) is 21.2 Å². The Morgan fingerprint density at radius 2 is 1.93 bits per heavy atom. The van der Waals surface area contributed by atoms with Gasteiger partial charge in [-0.1, -0.05) is 39.7 Å². The SMILES string of the molecule is CCNC(=O)[C@H](C)N(Cc1ccc(F)cc1)C(=O)COc1ccc(Br)cc1Cl. The topological polar surface area (TPSA) is 58.6 Å². The number of rotatable bonds is 8. The molecule has 2 amide bonds. The van der Waals surface area contributed by atoms with E-state index in [0.29, 0.717) is 22.9 Å². The number of hydrogen-bond donors (Lipinski definition) is 1. The highest BCUT2D eigenvalue weighted by atomic mass is 79.9. The molecule has 0 radical (unpaired) electrons. The summed E-state index contributed by atoms with van der Waals surface area (Å²) in [6.45, 7) is 3.75. The number of benzene rings is 2. The molecule has 0 bridgehead atoms. The van der Waals surface area contributed by atoms with Gasteiger partial charge in [0.25, 0.3) is 5.91 Å². The van der Waals surface area contributed by atoms with Crippen molar-refractivity contribution in [2.75, 3.05) is 13.2 Å². The van der Waals surface area contributed by atoms with E-state index >= 15 is 0 Å². The second kappa shape index (κ2) is 10.4. The van der Waals surface area contributed by atoms with Crippen molar-refractivity contribution in [1.82, 2.24) is 10.2 Å². The van der Waals surface area contributed by atoms with Crippen molar-refractivity contribution in [3.63, 3.8) is 0 Å². The molecule has 150 valence electrons. The number of hydrogen-bond acceptors (Lipinski definition) is 3. The maximum atomic E-state index is 13.2. The molecule has 1 atom stereocenters. The summed E-state index contributed by atoms with van der Waals surface area (Å²) < 4.78 is 19.5. The molecule has 0 aromatic heterocycles. The first kappa shape index (κ1) is 22.2. The third-order valence-corrected chi connectivity index (χ3v) is 4.82. The minimum Gasteiger partial charge on any atom is -0.482 e. The quantitative estimate of drug-likeness (QED) is 0.628. The summed E-state index contributed by atoms with van der Waals surface area (Å²) in [4.78, 5) is 26.5. The highest BCUT2D eigenvalue weighted by Gasteiger charge is 2.26. The van der Waals surface area contributed by atoms with Crippen LogP contribution in [0.2, 0.25) is 5.02 Å². The molecule has 2 aromatic rings. The normalized spacial score (nSPS) is 11.6. The van der Waals surface area contributed by atoms with Gasteiger partial charge < -0.3 is 15.0 Å². The van der Waals surface area contributed by atoms with Gasteiger partial charge in [0.1, 0.15) is 17.6 Å². The minimum atomic E-state index is -0.721. The maximum Gasteiger partial charge on any atom is 0.261 e. The number of carbonyl (C=O) groups excluding carboxylic acids is 2. The van der Waals surface area contributed by atoms with Gasteiger partial charge in [0.2, 0.25) is 5.91 Å². The highest BCUT2D eigenvalue weighted by Crippen LogP contribution is 2.27. The molecule has 0 saturated heterocycles. The number of carbonyl (C=O) groups is 2. The summed E-state index contributed by atoms with van der Waals surface area (Å²) >= 11 is 9.42. The zero-order chi connectivity index (χ0) is 20.7. The predicted molar refractivity (Wildman–Crippen MR) is 110 cm³/mol. The third kappa shape index (κ3) is 6.21. The van der Waals surface area contributed by atoms with Gasteiger partial charge in [0.05, 0.1) is 5.02 Å². The van der Waals surface area contributed by atoms with Crippen LogP contribution in [-0.4, -0.2) is 35.9 Å². The van der Waals surface area contributed by atoms with Crippen LogP contribution in [-0.2, 0) is 16.1 Å².